The van der Waals surface area contributed by atoms with Gasteiger partial charge in [-0.05, 0) is 35.7 Å². The maximum atomic E-state index is 13.9. The Morgan fingerprint density at radius 2 is 1.49 bits per heavy atom. The predicted molar refractivity (Wildman–Crippen MR) is 189 cm³/mol. The third kappa shape index (κ3) is 8.83. The quantitative estimate of drug-likeness (QED) is 0.0805. The van der Waals surface area contributed by atoms with Crippen molar-refractivity contribution >= 4 is 24.7 Å². The van der Waals surface area contributed by atoms with Crippen LogP contribution < -0.4 is 10.4 Å². The molecule has 2 heterocycles. The fourth-order valence-corrected chi connectivity index (χ4v) is 11.8. The zero-order valence-corrected chi connectivity index (χ0v) is 30.8. The van der Waals surface area contributed by atoms with Gasteiger partial charge in [0.15, 0.2) is 17.2 Å². The Bertz CT molecular complexity index is 1230. The van der Waals surface area contributed by atoms with E-state index < -0.39 is 37.4 Å². The predicted octanol–water partition coefficient (Wildman–Crippen LogP) is 7.31. The maximum Gasteiger partial charge on any atom is 0.339 e. The second-order valence-electron chi connectivity index (χ2n) is 14.5. The third-order valence-corrected chi connectivity index (χ3v) is 14.7. The van der Waals surface area contributed by atoms with Crippen LogP contribution >= 0.6 is 0 Å². The SMILES string of the molecule is CCCCCCCC1(C/C=C\[C@@H]2COC(C)(C)OC2(CCO[Si](c2ccccc2)(c2ccccc2)C(C)(C)C)C(=O)OC)OCCO1. The Kier molecular flexibility index (Phi) is 13.1. The van der Waals surface area contributed by atoms with E-state index in [4.69, 9.17) is 28.1 Å². The average molecular weight is 667 g/mol. The summed E-state index contributed by atoms with van der Waals surface area (Å²) in [7, 11) is -1.41. The van der Waals surface area contributed by atoms with Crippen LogP contribution in [0, 0.1) is 5.92 Å². The number of methoxy groups -OCH3 is 1. The molecule has 7 nitrogen and oxygen atoms in total. The van der Waals surface area contributed by atoms with E-state index in [2.05, 4.69) is 82.3 Å². The van der Waals surface area contributed by atoms with Gasteiger partial charge < -0.3 is 28.1 Å². The van der Waals surface area contributed by atoms with E-state index in [-0.39, 0.29) is 5.04 Å². The molecule has 2 aliphatic rings. The molecule has 1 unspecified atom stereocenters. The standard InChI is InChI=1S/C39H58O7Si/c1-8-9-10-11-18-25-38(42-29-30-43-38)26-19-20-32-31-44-37(5,6)46-39(32,35(40)41-7)27-28-45-47(36(2,3)4,33-21-14-12-15-22-33)34-23-16-13-17-24-34/h12-17,19-24,32H,8-11,18,25-31H2,1-7H3/b20-19-/t32-,39?/m1/s1. The number of esters is 1. The summed E-state index contributed by atoms with van der Waals surface area (Å²) in [6.07, 6.45) is 11.8. The number of benzene rings is 2. The molecule has 0 N–H and O–H groups in total. The Morgan fingerprint density at radius 3 is 2.04 bits per heavy atom. The van der Waals surface area contributed by atoms with E-state index in [9.17, 15) is 4.79 Å². The van der Waals surface area contributed by atoms with Gasteiger partial charge >= 0.3 is 5.97 Å². The summed E-state index contributed by atoms with van der Waals surface area (Å²) in [5, 5.41) is 2.18. The third-order valence-electron chi connectivity index (χ3n) is 9.65. The van der Waals surface area contributed by atoms with Gasteiger partial charge in [-0.2, -0.15) is 0 Å². The molecule has 2 atom stereocenters. The van der Waals surface area contributed by atoms with E-state index in [0.717, 1.165) is 12.8 Å². The summed E-state index contributed by atoms with van der Waals surface area (Å²) in [6, 6.07) is 21.1. The molecule has 2 saturated heterocycles. The van der Waals surface area contributed by atoms with Crippen molar-refractivity contribution < 1.29 is 32.9 Å². The summed E-state index contributed by atoms with van der Waals surface area (Å²) in [6.45, 7) is 14.5. The summed E-state index contributed by atoms with van der Waals surface area (Å²) in [5.41, 5.74) is -1.30. The molecule has 0 aliphatic carbocycles. The normalized spacial score (nSPS) is 22.8. The van der Waals surface area contributed by atoms with E-state index in [1.54, 1.807) is 0 Å². The van der Waals surface area contributed by atoms with E-state index in [1.807, 2.05) is 32.1 Å². The topological polar surface area (TPSA) is 72.5 Å². The number of hydrogen-bond acceptors (Lipinski definition) is 7. The van der Waals surface area contributed by atoms with Crippen LogP contribution in [0.1, 0.15) is 92.9 Å². The molecule has 2 aliphatic heterocycles. The van der Waals surface area contributed by atoms with Crippen molar-refractivity contribution in [1.82, 2.24) is 0 Å². The van der Waals surface area contributed by atoms with Gasteiger partial charge in [0, 0.05) is 31.8 Å². The lowest BCUT2D eigenvalue weighted by atomic mass is 9.82. The number of hydrogen-bond donors (Lipinski definition) is 0. The minimum Gasteiger partial charge on any atom is -0.467 e. The van der Waals surface area contributed by atoms with Gasteiger partial charge in [-0.3, -0.25) is 0 Å². The zero-order chi connectivity index (χ0) is 34.0. The summed E-state index contributed by atoms with van der Waals surface area (Å²) >= 11 is 0. The lowest BCUT2D eigenvalue weighted by Gasteiger charge is -2.48. The van der Waals surface area contributed by atoms with Crippen LogP contribution in [0.2, 0.25) is 5.04 Å². The average Bonchev–Trinajstić information content (AvgIpc) is 3.52. The van der Waals surface area contributed by atoms with Crippen molar-refractivity contribution in [2.45, 2.75) is 115 Å². The van der Waals surface area contributed by atoms with Crippen molar-refractivity contribution in [1.29, 1.82) is 0 Å². The number of unbranched alkanes of at least 4 members (excludes halogenated alkanes) is 4. The zero-order valence-electron chi connectivity index (χ0n) is 29.8. The second-order valence-corrected chi connectivity index (χ2v) is 18.8. The molecule has 260 valence electrons. The first kappa shape index (κ1) is 37.5. The lowest BCUT2D eigenvalue weighted by Crippen LogP contribution is -2.67. The van der Waals surface area contributed by atoms with Crippen molar-refractivity contribution in [2.75, 3.05) is 33.5 Å². The Morgan fingerprint density at radius 1 is 0.894 bits per heavy atom. The first-order chi connectivity index (χ1) is 22.4. The molecule has 0 amide bonds. The van der Waals surface area contributed by atoms with Crippen LogP contribution in [-0.4, -0.2) is 65.0 Å². The molecule has 2 fully saturated rings. The van der Waals surface area contributed by atoms with Gasteiger partial charge in [0.05, 0.1) is 26.9 Å². The Hall–Kier alpha value is -2.33. The van der Waals surface area contributed by atoms with Gasteiger partial charge in [-0.15, -0.1) is 0 Å². The highest BCUT2D eigenvalue weighted by Gasteiger charge is 2.56. The van der Waals surface area contributed by atoms with Crippen molar-refractivity contribution in [3.8, 4) is 0 Å². The van der Waals surface area contributed by atoms with Crippen LogP contribution in [-0.2, 0) is 32.9 Å². The van der Waals surface area contributed by atoms with E-state index in [0.29, 0.717) is 39.3 Å². The largest absolute Gasteiger partial charge is 0.467 e. The second kappa shape index (κ2) is 16.4. The number of ether oxygens (including phenoxy) is 5. The number of rotatable bonds is 16. The van der Waals surface area contributed by atoms with Crippen molar-refractivity contribution in [3.63, 3.8) is 0 Å². The summed E-state index contributed by atoms with van der Waals surface area (Å²) < 4.78 is 37.8. The van der Waals surface area contributed by atoms with E-state index >= 15 is 0 Å². The van der Waals surface area contributed by atoms with E-state index in [1.165, 1.54) is 43.2 Å². The number of carbonyl (C=O) groups excluding carboxylic acids is 1. The molecular formula is C39H58O7Si. The van der Waals surface area contributed by atoms with Crippen LogP contribution in [0.25, 0.3) is 0 Å². The fourth-order valence-electron chi connectivity index (χ4n) is 7.27. The maximum absolute atomic E-state index is 13.9. The molecule has 2 aromatic rings. The molecule has 47 heavy (non-hydrogen) atoms. The first-order valence-corrected chi connectivity index (χ1v) is 19.5. The minimum atomic E-state index is -2.83. The smallest absolute Gasteiger partial charge is 0.339 e. The summed E-state index contributed by atoms with van der Waals surface area (Å²) in [5.74, 6) is -2.42. The lowest BCUT2D eigenvalue weighted by molar-refractivity contribution is -0.322. The van der Waals surface area contributed by atoms with Crippen LogP contribution in [0.5, 0.6) is 0 Å². The highest BCUT2D eigenvalue weighted by molar-refractivity contribution is 6.99. The van der Waals surface area contributed by atoms with Crippen LogP contribution in [0.4, 0.5) is 0 Å². The van der Waals surface area contributed by atoms with Crippen LogP contribution in [0.3, 0.4) is 0 Å². The van der Waals surface area contributed by atoms with Crippen LogP contribution in [0.15, 0.2) is 72.8 Å². The minimum absolute atomic E-state index is 0.199. The Labute approximate surface area is 284 Å². The molecule has 4 rings (SSSR count). The fraction of sp³-hybridized carbons (Fsp3) is 0.615. The number of carbonyl (C=O) groups is 1. The van der Waals surface area contributed by atoms with Gasteiger partial charge in [-0.1, -0.05) is 126 Å². The molecule has 0 bridgehead atoms. The molecule has 2 aromatic carbocycles. The van der Waals surface area contributed by atoms with Crippen molar-refractivity contribution in [2.24, 2.45) is 5.92 Å². The molecule has 0 aromatic heterocycles. The highest BCUT2D eigenvalue weighted by atomic mass is 28.4. The van der Waals surface area contributed by atoms with Gasteiger partial charge in [0.25, 0.3) is 8.32 Å². The first-order valence-electron chi connectivity index (χ1n) is 17.6. The molecular weight excluding hydrogens is 609 g/mol. The Balaban J connectivity index is 1.62. The summed E-state index contributed by atoms with van der Waals surface area (Å²) in [4.78, 5) is 13.9. The molecule has 0 saturated carbocycles. The molecule has 0 spiro atoms. The highest BCUT2D eigenvalue weighted by Crippen LogP contribution is 2.42. The molecule has 8 heteroatoms. The molecule has 0 radical (unpaired) electrons. The van der Waals surface area contributed by atoms with Gasteiger partial charge in [0.1, 0.15) is 0 Å². The van der Waals surface area contributed by atoms with Gasteiger partial charge in [-0.25, -0.2) is 4.79 Å². The van der Waals surface area contributed by atoms with Gasteiger partial charge in [0.2, 0.25) is 0 Å². The monoisotopic (exact) mass is 666 g/mol. The van der Waals surface area contributed by atoms with Crippen molar-refractivity contribution in [3.05, 3.63) is 72.8 Å².